The van der Waals surface area contributed by atoms with Crippen LogP contribution in [-0.2, 0) is 6.61 Å². The van der Waals surface area contributed by atoms with Gasteiger partial charge < -0.3 is 9.84 Å². The number of non-ortho nitro benzene ring substituents is 1. The largest absolute Gasteiger partial charge is 0.489 e. The van der Waals surface area contributed by atoms with E-state index in [1.165, 1.54) is 30.3 Å². The summed E-state index contributed by atoms with van der Waals surface area (Å²) in [6, 6.07) is 21.5. The zero-order chi connectivity index (χ0) is 21.5. The maximum absolute atomic E-state index is 11.0. The molecule has 0 bridgehead atoms. The molecule has 0 aliphatic rings. The molecule has 0 heterocycles. The minimum absolute atomic E-state index is 0.0357. The fraction of sp³-hybridized carbons (Fsp3) is 0.0435. The molecule has 1 N–H and O–H groups in total. The summed E-state index contributed by atoms with van der Waals surface area (Å²) < 4.78 is 5.69. The molecule has 0 aromatic heterocycles. The Morgan fingerprint density at radius 2 is 1.77 bits per heavy atom. The van der Waals surface area contributed by atoms with E-state index < -0.39 is 10.9 Å². The Kier molecular flexibility index (Phi) is 6.20. The summed E-state index contributed by atoms with van der Waals surface area (Å²) in [4.78, 5) is 21.3. The topological polar surface area (TPSA) is 113 Å². The van der Waals surface area contributed by atoms with E-state index in [9.17, 15) is 20.2 Å². The first-order valence-corrected chi connectivity index (χ1v) is 8.88. The molecular formula is C23H16N2O5. The average Bonchev–Trinajstić information content (AvgIpc) is 2.77. The van der Waals surface area contributed by atoms with Crippen molar-refractivity contribution in [1.82, 2.24) is 0 Å². The van der Waals surface area contributed by atoms with Crippen LogP contribution in [0.5, 0.6) is 5.75 Å². The smallest absolute Gasteiger partial charge is 0.335 e. The van der Waals surface area contributed by atoms with E-state index >= 15 is 0 Å². The van der Waals surface area contributed by atoms with Gasteiger partial charge in [0, 0.05) is 12.1 Å². The Morgan fingerprint density at radius 3 is 2.37 bits per heavy atom. The quantitative estimate of drug-likeness (QED) is 0.260. The minimum Gasteiger partial charge on any atom is -0.489 e. The first-order valence-electron chi connectivity index (χ1n) is 8.88. The molecule has 7 heteroatoms. The number of nitrogens with zero attached hydrogens (tertiary/aromatic N) is 2. The number of benzene rings is 3. The molecule has 0 radical (unpaired) electrons. The van der Waals surface area contributed by atoms with Gasteiger partial charge in [0.05, 0.1) is 22.1 Å². The lowest BCUT2D eigenvalue weighted by atomic mass is 10.0. The molecule has 7 nitrogen and oxygen atoms in total. The Hall–Kier alpha value is -4.44. The molecule has 0 amide bonds. The van der Waals surface area contributed by atoms with Crippen LogP contribution in [0.15, 0.2) is 72.8 Å². The molecule has 0 atom stereocenters. The number of nitro groups is 1. The Morgan fingerprint density at radius 1 is 1.07 bits per heavy atom. The Bertz CT molecular complexity index is 1140. The van der Waals surface area contributed by atoms with Gasteiger partial charge in [-0.05, 0) is 59.2 Å². The van der Waals surface area contributed by atoms with E-state index in [1.807, 2.05) is 0 Å². The third-order valence-electron chi connectivity index (χ3n) is 4.28. The highest BCUT2D eigenvalue weighted by Crippen LogP contribution is 2.22. The van der Waals surface area contributed by atoms with Crippen molar-refractivity contribution in [2.75, 3.05) is 0 Å². The van der Waals surface area contributed by atoms with Crippen LogP contribution in [0.2, 0.25) is 0 Å². The van der Waals surface area contributed by atoms with Crippen LogP contribution in [0, 0.1) is 21.4 Å². The number of ether oxygens (including phenoxy) is 1. The zero-order valence-electron chi connectivity index (χ0n) is 15.7. The van der Waals surface area contributed by atoms with Gasteiger partial charge in [-0.2, -0.15) is 5.26 Å². The van der Waals surface area contributed by atoms with Gasteiger partial charge in [0.15, 0.2) is 0 Å². The number of carboxylic acids is 1. The predicted octanol–water partition coefficient (Wildman–Crippen LogP) is 4.94. The van der Waals surface area contributed by atoms with Crippen molar-refractivity contribution in [1.29, 1.82) is 5.26 Å². The van der Waals surface area contributed by atoms with Crippen LogP contribution in [0.3, 0.4) is 0 Å². The molecule has 0 aliphatic carbocycles. The SMILES string of the molecule is N#C/C(=C\c1ccc(OCc2cccc(C(=O)O)c2)cc1)c1ccc([N+](=O)[O-])cc1. The van der Waals surface area contributed by atoms with Crippen LogP contribution in [0.25, 0.3) is 11.6 Å². The van der Waals surface area contributed by atoms with Gasteiger partial charge in [-0.1, -0.05) is 24.3 Å². The third kappa shape index (κ3) is 5.09. The second kappa shape index (κ2) is 9.17. The van der Waals surface area contributed by atoms with E-state index in [-0.39, 0.29) is 17.9 Å². The van der Waals surface area contributed by atoms with Crippen LogP contribution in [0.4, 0.5) is 5.69 Å². The number of hydrogen-bond donors (Lipinski definition) is 1. The highest BCUT2D eigenvalue weighted by Gasteiger charge is 2.07. The highest BCUT2D eigenvalue weighted by atomic mass is 16.6. The molecule has 30 heavy (non-hydrogen) atoms. The number of aromatic carboxylic acids is 1. The summed E-state index contributed by atoms with van der Waals surface area (Å²) in [5.41, 5.74) is 2.64. The molecule has 0 fully saturated rings. The maximum Gasteiger partial charge on any atom is 0.335 e. The van der Waals surface area contributed by atoms with Crippen molar-refractivity contribution in [3.8, 4) is 11.8 Å². The Balaban J connectivity index is 1.70. The molecule has 3 aromatic carbocycles. The van der Waals surface area contributed by atoms with Crippen molar-refractivity contribution >= 4 is 23.3 Å². The van der Waals surface area contributed by atoms with Gasteiger partial charge in [-0.25, -0.2) is 4.79 Å². The van der Waals surface area contributed by atoms with Gasteiger partial charge >= 0.3 is 5.97 Å². The van der Waals surface area contributed by atoms with Gasteiger partial charge in [0.1, 0.15) is 12.4 Å². The van der Waals surface area contributed by atoms with Crippen molar-refractivity contribution in [3.63, 3.8) is 0 Å². The van der Waals surface area contributed by atoms with E-state index in [0.717, 1.165) is 11.1 Å². The number of nitriles is 1. The summed E-state index contributed by atoms with van der Waals surface area (Å²) in [7, 11) is 0. The van der Waals surface area contributed by atoms with Crippen molar-refractivity contribution in [3.05, 3.63) is 105 Å². The minimum atomic E-state index is -0.991. The fourth-order valence-corrected chi connectivity index (χ4v) is 2.73. The lowest BCUT2D eigenvalue weighted by Crippen LogP contribution is -2.00. The van der Waals surface area contributed by atoms with E-state index in [2.05, 4.69) is 6.07 Å². The molecule has 0 saturated carbocycles. The molecule has 0 spiro atoms. The van der Waals surface area contributed by atoms with Crippen molar-refractivity contribution < 1.29 is 19.6 Å². The number of allylic oxidation sites excluding steroid dienone is 1. The second-order valence-electron chi connectivity index (χ2n) is 6.34. The molecule has 0 unspecified atom stereocenters. The summed E-state index contributed by atoms with van der Waals surface area (Å²) >= 11 is 0. The van der Waals surface area contributed by atoms with Crippen molar-refractivity contribution in [2.45, 2.75) is 6.61 Å². The summed E-state index contributed by atoms with van der Waals surface area (Å²) in [6.07, 6.45) is 1.68. The molecular weight excluding hydrogens is 384 g/mol. The van der Waals surface area contributed by atoms with Crippen LogP contribution in [-0.4, -0.2) is 16.0 Å². The van der Waals surface area contributed by atoms with Crippen molar-refractivity contribution in [2.24, 2.45) is 0 Å². The standard InChI is InChI=1S/C23H16N2O5/c24-14-20(18-6-8-21(9-7-18)25(28)29)12-16-4-10-22(11-5-16)30-15-17-2-1-3-19(13-17)23(26)27/h1-13H,15H2,(H,26,27)/b20-12+. The summed E-state index contributed by atoms with van der Waals surface area (Å²) in [6.45, 7) is 0.225. The number of carbonyl (C=O) groups is 1. The lowest BCUT2D eigenvalue weighted by Gasteiger charge is -2.07. The number of hydrogen-bond acceptors (Lipinski definition) is 5. The maximum atomic E-state index is 11.0. The fourth-order valence-electron chi connectivity index (χ4n) is 2.73. The number of nitro benzene ring substituents is 1. The monoisotopic (exact) mass is 400 g/mol. The molecule has 148 valence electrons. The molecule has 0 aliphatic heterocycles. The number of carboxylic acid groups (broad SMARTS) is 1. The predicted molar refractivity (Wildman–Crippen MR) is 111 cm³/mol. The van der Waals surface area contributed by atoms with Crippen LogP contribution < -0.4 is 4.74 Å². The Labute approximate surface area is 172 Å². The number of rotatable bonds is 7. The van der Waals surface area contributed by atoms with Gasteiger partial charge in [0.25, 0.3) is 5.69 Å². The first kappa shape index (κ1) is 20.3. The van der Waals surface area contributed by atoms with E-state index in [4.69, 9.17) is 9.84 Å². The van der Waals surface area contributed by atoms with E-state index in [0.29, 0.717) is 16.9 Å². The second-order valence-corrected chi connectivity index (χ2v) is 6.34. The van der Waals surface area contributed by atoms with Gasteiger partial charge in [0.2, 0.25) is 0 Å². The normalized spacial score (nSPS) is 10.8. The third-order valence-corrected chi connectivity index (χ3v) is 4.28. The lowest BCUT2D eigenvalue weighted by molar-refractivity contribution is -0.384. The van der Waals surface area contributed by atoms with Crippen LogP contribution >= 0.6 is 0 Å². The summed E-state index contributed by atoms with van der Waals surface area (Å²) in [5.74, 6) is -0.393. The van der Waals surface area contributed by atoms with Gasteiger partial charge in [-0.15, -0.1) is 0 Å². The first-order chi connectivity index (χ1) is 14.5. The summed E-state index contributed by atoms with van der Waals surface area (Å²) in [5, 5.41) is 29.2. The van der Waals surface area contributed by atoms with Crippen LogP contribution in [0.1, 0.15) is 27.0 Å². The van der Waals surface area contributed by atoms with Gasteiger partial charge in [-0.3, -0.25) is 10.1 Å². The molecule has 3 aromatic rings. The van der Waals surface area contributed by atoms with E-state index in [1.54, 1.807) is 48.5 Å². The highest BCUT2D eigenvalue weighted by molar-refractivity contribution is 5.89. The molecule has 3 rings (SSSR count). The zero-order valence-corrected chi connectivity index (χ0v) is 15.7. The average molecular weight is 400 g/mol. The molecule has 0 saturated heterocycles.